The second-order valence-electron chi connectivity index (χ2n) is 5.91. The van der Waals surface area contributed by atoms with Crippen molar-refractivity contribution in [2.45, 2.75) is 26.2 Å². The minimum Gasteiger partial charge on any atom is -0.322 e. The van der Waals surface area contributed by atoms with E-state index < -0.39 is 0 Å². The minimum atomic E-state index is -0.135. The molecule has 2 aromatic carbocycles. The molecule has 0 aliphatic rings. The lowest BCUT2D eigenvalue weighted by Crippen LogP contribution is -2.14. The molecule has 1 N–H and O–H groups in total. The first-order valence-corrected chi connectivity index (χ1v) is 7.81. The molecule has 2 nitrogen and oxygen atoms in total. The van der Waals surface area contributed by atoms with Crippen LogP contribution < -0.4 is 5.32 Å². The van der Waals surface area contributed by atoms with Crippen molar-refractivity contribution >= 4 is 39.1 Å². The zero-order valence-corrected chi connectivity index (χ0v) is 14.5. The molecule has 0 unspecified atom stereocenters. The zero-order chi connectivity index (χ0) is 15.6. The summed E-state index contributed by atoms with van der Waals surface area (Å²) < 4.78 is 0.755. The maximum Gasteiger partial charge on any atom is 0.255 e. The number of hydrogen-bond donors (Lipinski definition) is 1. The van der Waals surface area contributed by atoms with Gasteiger partial charge in [0.2, 0.25) is 0 Å². The quantitative estimate of drug-likeness (QED) is 0.731. The number of amides is 1. The van der Waals surface area contributed by atoms with E-state index in [2.05, 4.69) is 42.0 Å². The van der Waals surface area contributed by atoms with Crippen LogP contribution in [-0.4, -0.2) is 5.91 Å². The maximum absolute atomic E-state index is 12.2. The molecule has 1 amide bonds. The van der Waals surface area contributed by atoms with E-state index in [-0.39, 0.29) is 11.3 Å². The highest BCUT2D eigenvalue weighted by molar-refractivity contribution is 9.10. The van der Waals surface area contributed by atoms with E-state index in [0.717, 1.165) is 4.47 Å². The summed E-state index contributed by atoms with van der Waals surface area (Å²) in [5.74, 6) is -0.135. The van der Waals surface area contributed by atoms with Crippen LogP contribution in [0.15, 0.2) is 46.9 Å². The third-order valence-corrected chi connectivity index (χ3v) is 4.40. The zero-order valence-electron chi connectivity index (χ0n) is 12.2. The summed E-state index contributed by atoms with van der Waals surface area (Å²) in [4.78, 5) is 12.2. The van der Waals surface area contributed by atoms with Crippen molar-refractivity contribution in [1.29, 1.82) is 0 Å². The number of nitrogens with one attached hydrogen (secondary N) is 1. The fourth-order valence-corrected chi connectivity index (χ4v) is 2.40. The van der Waals surface area contributed by atoms with Gasteiger partial charge in [-0.25, -0.2) is 0 Å². The molecule has 0 aromatic heterocycles. The van der Waals surface area contributed by atoms with E-state index in [9.17, 15) is 4.79 Å². The number of carbonyl (C=O) groups is 1. The van der Waals surface area contributed by atoms with Gasteiger partial charge in [-0.1, -0.05) is 44.5 Å². The van der Waals surface area contributed by atoms with Gasteiger partial charge in [0.05, 0.1) is 5.02 Å². The van der Waals surface area contributed by atoms with Gasteiger partial charge in [-0.05, 0) is 57.2 Å². The Morgan fingerprint density at radius 3 is 2.24 bits per heavy atom. The number of benzene rings is 2. The summed E-state index contributed by atoms with van der Waals surface area (Å²) in [5.41, 5.74) is 2.62. The maximum atomic E-state index is 12.2. The summed E-state index contributed by atoms with van der Waals surface area (Å²) in [6.45, 7) is 6.44. The van der Waals surface area contributed by atoms with Crippen LogP contribution in [0.5, 0.6) is 0 Å². The number of anilines is 1. The average molecular weight is 367 g/mol. The van der Waals surface area contributed by atoms with Crippen LogP contribution in [-0.2, 0) is 5.41 Å². The smallest absolute Gasteiger partial charge is 0.255 e. The van der Waals surface area contributed by atoms with E-state index in [1.807, 2.05) is 24.3 Å². The lowest BCUT2D eigenvalue weighted by atomic mass is 9.87. The topological polar surface area (TPSA) is 29.1 Å². The standard InChI is InChI=1S/C17H17BrClNO/c1-17(2,3)12-6-4-11(5-7-12)16(21)20-13-8-9-15(19)14(18)10-13/h4-10H,1-3H3,(H,20,21). The summed E-state index contributed by atoms with van der Waals surface area (Å²) in [6.07, 6.45) is 0. The Bertz CT molecular complexity index is 659. The van der Waals surface area contributed by atoms with Crippen molar-refractivity contribution in [3.05, 3.63) is 63.1 Å². The first-order chi connectivity index (χ1) is 9.77. The molecule has 110 valence electrons. The normalized spacial score (nSPS) is 11.3. The molecule has 0 spiro atoms. The molecule has 0 atom stereocenters. The second-order valence-corrected chi connectivity index (χ2v) is 7.17. The minimum absolute atomic E-state index is 0.0794. The Labute approximate surface area is 138 Å². The van der Waals surface area contributed by atoms with Crippen LogP contribution in [0.3, 0.4) is 0 Å². The first kappa shape index (κ1) is 16.1. The molecule has 0 radical (unpaired) electrons. The lowest BCUT2D eigenvalue weighted by molar-refractivity contribution is 0.102. The monoisotopic (exact) mass is 365 g/mol. The predicted octanol–water partition coefficient (Wildman–Crippen LogP) is 5.65. The van der Waals surface area contributed by atoms with Gasteiger partial charge in [-0.3, -0.25) is 4.79 Å². The Balaban J connectivity index is 2.15. The second kappa shape index (κ2) is 6.20. The molecule has 0 fully saturated rings. The van der Waals surface area contributed by atoms with Gasteiger partial charge in [-0.15, -0.1) is 0 Å². The van der Waals surface area contributed by atoms with Crippen molar-refractivity contribution in [3.63, 3.8) is 0 Å². The van der Waals surface area contributed by atoms with Crippen molar-refractivity contribution < 1.29 is 4.79 Å². The van der Waals surface area contributed by atoms with E-state index in [1.165, 1.54) is 5.56 Å². The molecule has 0 saturated carbocycles. The number of rotatable bonds is 2. The highest BCUT2D eigenvalue weighted by atomic mass is 79.9. The molecule has 0 bridgehead atoms. The van der Waals surface area contributed by atoms with Gasteiger partial charge >= 0.3 is 0 Å². The molecule has 2 rings (SSSR count). The van der Waals surface area contributed by atoms with Crippen LogP contribution in [0, 0.1) is 0 Å². The van der Waals surface area contributed by atoms with E-state index in [1.54, 1.807) is 18.2 Å². The van der Waals surface area contributed by atoms with E-state index in [0.29, 0.717) is 16.3 Å². The fraction of sp³-hybridized carbons (Fsp3) is 0.235. The SMILES string of the molecule is CC(C)(C)c1ccc(C(=O)Nc2ccc(Cl)c(Br)c2)cc1. The molecule has 21 heavy (non-hydrogen) atoms. The van der Waals surface area contributed by atoms with Crippen LogP contribution >= 0.6 is 27.5 Å². The molecule has 0 heterocycles. The number of carbonyl (C=O) groups excluding carboxylic acids is 1. The highest BCUT2D eigenvalue weighted by Crippen LogP contribution is 2.26. The Kier molecular flexibility index (Phi) is 4.74. The van der Waals surface area contributed by atoms with E-state index in [4.69, 9.17) is 11.6 Å². The third-order valence-electron chi connectivity index (χ3n) is 3.19. The molecular weight excluding hydrogens is 350 g/mol. The van der Waals surface area contributed by atoms with Crippen molar-refractivity contribution in [3.8, 4) is 0 Å². The highest BCUT2D eigenvalue weighted by Gasteiger charge is 2.14. The number of hydrogen-bond acceptors (Lipinski definition) is 1. The van der Waals surface area contributed by atoms with Gasteiger partial charge in [0, 0.05) is 15.7 Å². The molecule has 0 saturated heterocycles. The van der Waals surface area contributed by atoms with Crippen LogP contribution in [0.1, 0.15) is 36.7 Å². The van der Waals surface area contributed by atoms with Gasteiger partial charge < -0.3 is 5.32 Å². The molecule has 0 aliphatic heterocycles. The van der Waals surface area contributed by atoms with Crippen molar-refractivity contribution in [2.75, 3.05) is 5.32 Å². The van der Waals surface area contributed by atoms with Crippen LogP contribution in [0.2, 0.25) is 5.02 Å². The summed E-state index contributed by atoms with van der Waals surface area (Å²) in [7, 11) is 0. The van der Waals surface area contributed by atoms with Gasteiger partial charge in [0.25, 0.3) is 5.91 Å². The Morgan fingerprint density at radius 1 is 1.10 bits per heavy atom. The van der Waals surface area contributed by atoms with Gasteiger partial charge in [0.1, 0.15) is 0 Å². The fourth-order valence-electron chi connectivity index (χ4n) is 1.90. The molecule has 2 aromatic rings. The Hall–Kier alpha value is -1.32. The summed E-state index contributed by atoms with van der Waals surface area (Å²) >= 11 is 9.28. The average Bonchev–Trinajstić information content (AvgIpc) is 2.42. The Morgan fingerprint density at radius 2 is 1.71 bits per heavy atom. The van der Waals surface area contributed by atoms with Crippen molar-refractivity contribution in [1.82, 2.24) is 0 Å². The summed E-state index contributed by atoms with van der Waals surface area (Å²) in [6, 6.07) is 13.0. The third kappa shape index (κ3) is 4.08. The predicted molar refractivity (Wildman–Crippen MR) is 92.2 cm³/mol. The lowest BCUT2D eigenvalue weighted by Gasteiger charge is -2.19. The molecule has 4 heteroatoms. The van der Waals surface area contributed by atoms with Crippen molar-refractivity contribution in [2.24, 2.45) is 0 Å². The molecular formula is C17H17BrClNO. The van der Waals surface area contributed by atoms with Gasteiger partial charge in [0.15, 0.2) is 0 Å². The largest absolute Gasteiger partial charge is 0.322 e. The first-order valence-electron chi connectivity index (χ1n) is 6.64. The van der Waals surface area contributed by atoms with E-state index >= 15 is 0 Å². The molecule has 0 aliphatic carbocycles. The van der Waals surface area contributed by atoms with Crippen LogP contribution in [0.25, 0.3) is 0 Å². The van der Waals surface area contributed by atoms with Gasteiger partial charge in [-0.2, -0.15) is 0 Å². The summed E-state index contributed by atoms with van der Waals surface area (Å²) in [5, 5.41) is 3.47. The van der Waals surface area contributed by atoms with Crippen LogP contribution in [0.4, 0.5) is 5.69 Å². The number of halogens is 2.